The molecule has 0 aliphatic carbocycles. The fourth-order valence-corrected chi connectivity index (χ4v) is 2.80. The van der Waals surface area contributed by atoms with Crippen molar-refractivity contribution in [2.45, 2.75) is 32.8 Å². The first kappa shape index (κ1) is 19.4. The van der Waals surface area contributed by atoms with E-state index in [1.807, 2.05) is 57.3 Å². The maximum atomic E-state index is 11.6. The number of carbonyl (C=O) groups is 1. The molecule has 0 saturated heterocycles. The standard InChI is InChI=1S/C24H24N2O2/c1-24(2,3)28-23(27)26-15-6-7-18-10-12-19(13-11-18)17-22-21-9-5-4-8-20(21)14-16-25-22/h4-5,8-14,16H,15,17H2,1-3H3,(H,26,27). The summed E-state index contributed by atoms with van der Waals surface area (Å²) in [6.07, 6.45) is 2.17. The molecule has 0 spiro atoms. The molecule has 3 aromatic rings. The zero-order valence-corrected chi connectivity index (χ0v) is 16.5. The van der Waals surface area contributed by atoms with Crippen LogP contribution < -0.4 is 5.32 Å². The van der Waals surface area contributed by atoms with E-state index < -0.39 is 11.7 Å². The molecule has 0 unspecified atom stereocenters. The zero-order chi connectivity index (χ0) is 20.0. The summed E-state index contributed by atoms with van der Waals surface area (Å²) in [6.45, 7) is 5.73. The van der Waals surface area contributed by atoms with Gasteiger partial charge in [0.2, 0.25) is 0 Å². The fourth-order valence-electron chi connectivity index (χ4n) is 2.80. The van der Waals surface area contributed by atoms with Gasteiger partial charge in [-0.25, -0.2) is 4.79 Å². The molecule has 4 nitrogen and oxygen atoms in total. The molecule has 4 heteroatoms. The summed E-state index contributed by atoms with van der Waals surface area (Å²) in [7, 11) is 0. The Bertz CT molecular complexity index is 1020. The minimum atomic E-state index is -0.508. The lowest BCUT2D eigenvalue weighted by atomic mass is 10.0. The molecule has 0 aliphatic rings. The molecule has 0 radical (unpaired) electrons. The number of nitrogens with zero attached hydrogens (tertiary/aromatic N) is 1. The molecule has 3 rings (SSSR count). The van der Waals surface area contributed by atoms with Crippen LogP contribution in [0.15, 0.2) is 60.8 Å². The summed E-state index contributed by atoms with van der Waals surface area (Å²) >= 11 is 0. The van der Waals surface area contributed by atoms with E-state index in [-0.39, 0.29) is 6.54 Å². The molecule has 0 bridgehead atoms. The smallest absolute Gasteiger partial charge is 0.408 e. The predicted octanol–water partition coefficient (Wildman–Crippen LogP) is 4.70. The van der Waals surface area contributed by atoms with E-state index in [1.165, 1.54) is 16.3 Å². The third kappa shape index (κ3) is 5.59. The van der Waals surface area contributed by atoms with Crippen LogP contribution >= 0.6 is 0 Å². The third-order valence-corrected chi connectivity index (χ3v) is 4.03. The molecule has 0 fully saturated rings. The SMILES string of the molecule is CC(C)(C)OC(=O)NCC#Cc1ccc(Cc2nccc3ccccc23)cc1. The highest BCUT2D eigenvalue weighted by Gasteiger charge is 2.15. The number of ether oxygens (including phenoxy) is 1. The van der Waals surface area contributed by atoms with Crippen LogP contribution in [0.4, 0.5) is 4.79 Å². The zero-order valence-electron chi connectivity index (χ0n) is 16.5. The number of amides is 1. The van der Waals surface area contributed by atoms with Crippen LogP contribution in [-0.2, 0) is 11.2 Å². The topological polar surface area (TPSA) is 51.2 Å². The fraction of sp³-hybridized carbons (Fsp3) is 0.250. The normalized spacial score (nSPS) is 10.8. The van der Waals surface area contributed by atoms with Gasteiger partial charge >= 0.3 is 6.09 Å². The Kier molecular flexibility index (Phi) is 5.96. The second-order valence-electron chi connectivity index (χ2n) is 7.51. The number of nitrogens with one attached hydrogen (secondary N) is 1. The van der Waals surface area contributed by atoms with Crippen LogP contribution in [0.2, 0.25) is 0 Å². The Morgan fingerprint density at radius 2 is 1.82 bits per heavy atom. The summed E-state index contributed by atoms with van der Waals surface area (Å²) < 4.78 is 5.17. The predicted molar refractivity (Wildman–Crippen MR) is 112 cm³/mol. The van der Waals surface area contributed by atoms with Gasteiger partial charge in [0.25, 0.3) is 0 Å². The van der Waals surface area contributed by atoms with Crippen molar-refractivity contribution in [1.82, 2.24) is 10.3 Å². The average Bonchev–Trinajstić information content (AvgIpc) is 2.65. The van der Waals surface area contributed by atoms with Crippen LogP contribution in [0.1, 0.15) is 37.6 Å². The monoisotopic (exact) mass is 372 g/mol. The Balaban J connectivity index is 1.59. The lowest BCUT2D eigenvalue weighted by Gasteiger charge is -2.18. The summed E-state index contributed by atoms with van der Waals surface area (Å²) in [5.41, 5.74) is 2.65. The Labute approximate surface area is 165 Å². The molecule has 28 heavy (non-hydrogen) atoms. The van der Waals surface area contributed by atoms with Crippen LogP contribution in [0.25, 0.3) is 10.8 Å². The van der Waals surface area contributed by atoms with Gasteiger partial charge < -0.3 is 10.1 Å². The van der Waals surface area contributed by atoms with E-state index in [2.05, 4.69) is 46.4 Å². The van der Waals surface area contributed by atoms with Crippen molar-refractivity contribution in [2.75, 3.05) is 6.54 Å². The van der Waals surface area contributed by atoms with Crippen molar-refractivity contribution in [3.05, 3.63) is 77.6 Å². The number of alkyl carbamates (subject to hydrolysis) is 1. The number of rotatable bonds is 3. The second-order valence-corrected chi connectivity index (χ2v) is 7.51. The average molecular weight is 372 g/mol. The van der Waals surface area contributed by atoms with Gasteiger partial charge in [-0.3, -0.25) is 4.98 Å². The molecule has 0 atom stereocenters. The van der Waals surface area contributed by atoms with E-state index in [9.17, 15) is 4.79 Å². The molecule has 1 heterocycles. The lowest BCUT2D eigenvalue weighted by molar-refractivity contribution is 0.0535. The summed E-state index contributed by atoms with van der Waals surface area (Å²) in [5.74, 6) is 5.99. The van der Waals surface area contributed by atoms with Crippen molar-refractivity contribution in [3.63, 3.8) is 0 Å². The number of carbonyl (C=O) groups excluding carboxylic acids is 1. The summed E-state index contributed by atoms with van der Waals surface area (Å²) in [4.78, 5) is 16.1. The Morgan fingerprint density at radius 3 is 2.57 bits per heavy atom. The van der Waals surface area contributed by atoms with Crippen LogP contribution in [0.5, 0.6) is 0 Å². The number of hydrogen-bond donors (Lipinski definition) is 1. The van der Waals surface area contributed by atoms with Crippen molar-refractivity contribution in [3.8, 4) is 11.8 Å². The molecule has 0 saturated carbocycles. The molecule has 142 valence electrons. The maximum absolute atomic E-state index is 11.6. The molecule has 2 aromatic carbocycles. The number of aromatic nitrogens is 1. The van der Waals surface area contributed by atoms with Gasteiger partial charge in [0.05, 0.1) is 12.2 Å². The molecular formula is C24H24N2O2. The van der Waals surface area contributed by atoms with Crippen LogP contribution in [0, 0.1) is 11.8 Å². The highest BCUT2D eigenvalue weighted by atomic mass is 16.6. The first-order chi connectivity index (χ1) is 13.4. The van der Waals surface area contributed by atoms with E-state index in [1.54, 1.807) is 0 Å². The highest BCUT2D eigenvalue weighted by molar-refractivity contribution is 5.84. The van der Waals surface area contributed by atoms with Gasteiger partial charge in [-0.2, -0.15) is 0 Å². The number of fused-ring (bicyclic) bond motifs is 1. The molecule has 1 amide bonds. The van der Waals surface area contributed by atoms with Crippen LogP contribution in [-0.4, -0.2) is 23.2 Å². The van der Waals surface area contributed by atoms with Crippen molar-refractivity contribution < 1.29 is 9.53 Å². The van der Waals surface area contributed by atoms with Crippen molar-refractivity contribution in [1.29, 1.82) is 0 Å². The van der Waals surface area contributed by atoms with Crippen molar-refractivity contribution >= 4 is 16.9 Å². The quantitative estimate of drug-likeness (QED) is 0.678. The van der Waals surface area contributed by atoms with E-state index in [4.69, 9.17) is 4.74 Å². The van der Waals surface area contributed by atoms with Gasteiger partial charge in [-0.1, -0.05) is 48.2 Å². The van der Waals surface area contributed by atoms with E-state index in [0.29, 0.717) is 0 Å². The molecule has 1 N–H and O–H groups in total. The van der Waals surface area contributed by atoms with Gasteiger partial charge in [0, 0.05) is 23.6 Å². The molecular weight excluding hydrogens is 348 g/mol. The lowest BCUT2D eigenvalue weighted by Crippen LogP contribution is -2.32. The minimum absolute atomic E-state index is 0.247. The minimum Gasteiger partial charge on any atom is -0.444 e. The number of benzene rings is 2. The molecule has 0 aliphatic heterocycles. The van der Waals surface area contributed by atoms with Gasteiger partial charge in [-0.05, 0) is 49.9 Å². The van der Waals surface area contributed by atoms with E-state index in [0.717, 1.165) is 17.7 Å². The van der Waals surface area contributed by atoms with Gasteiger partial charge in [0.1, 0.15) is 5.60 Å². The Hall–Kier alpha value is -3.32. The van der Waals surface area contributed by atoms with E-state index >= 15 is 0 Å². The first-order valence-corrected chi connectivity index (χ1v) is 9.28. The highest BCUT2D eigenvalue weighted by Crippen LogP contribution is 2.19. The number of pyridine rings is 1. The van der Waals surface area contributed by atoms with Crippen LogP contribution in [0.3, 0.4) is 0 Å². The number of hydrogen-bond acceptors (Lipinski definition) is 3. The maximum Gasteiger partial charge on any atom is 0.408 e. The van der Waals surface area contributed by atoms with Gasteiger partial charge in [-0.15, -0.1) is 0 Å². The van der Waals surface area contributed by atoms with Crippen molar-refractivity contribution in [2.24, 2.45) is 0 Å². The largest absolute Gasteiger partial charge is 0.444 e. The second kappa shape index (κ2) is 8.58. The summed E-state index contributed by atoms with van der Waals surface area (Å²) in [5, 5.41) is 5.01. The Morgan fingerprint density at radius 1 is 1.07 bits per heavy atom. The summed E-state index contributed by atoms with van der Waals surface area (Å²) in [6, 6.07) is 18.4. The molecule has 1 aromatic heterocycles. The van der Waals surface area contributed by atoms with Gasteiger partial charge in [0.15, 0.2) is 0 Å². The third-order valence-electron chi connectivity index (χ3n) is 4.03. The first-order valence-electron chi connectivity index (χ1n) is 9.28.